The van der Waals surface area contributed by atoms with Gasteiger partial charge in [0.25, 0.3) is 0 Å². The van der Waals surface area contributed by atoms with E-state index in [1.54, 1.807) is 18.2 Å². The molecular formula is C15H17Cl2NO3. The minimum Gasteiger partial charge on any atom is -0.481 e. The number of aliphatic carboxylic acids is 1. The van der Waals surface area contributed by atoms with Gasteiger partial charge in [0.05, 0.1) is 5.92 Å². The lowest BCUT2D eigenvalue weighted by atomic mass is 10.0. The van der Waals surface area contributed by atoms with Gasteiger partial charge in [-0.1, -0.05) is 42.6 Å². The van der Waals surface area contributed by atoms with Crippen LogP contribution in [0, 0.1) is 5.92 Å². The van der Waals surface area contributed by atoms with Gasteiger partial charge in [-0.05, 0) is 24.6 Å². The molecule has 6 heteroatoms. The molecule has 0 saturated carbocycles. The van der Waals surface area contributed by atoms with Crippen LogP contribution in [-0.2, 0) is 9.59 Å². The summed E-state index contributed by atoms with van der Waals surface area (Å²) in [5.41, 5.74) is 0.555. The van der Waals surface area contributed by atoms with Crippen molar-refractivity contribution in [1.82, 2.24) is 5.32 Å². The van der Waals surface area contributed by atoms with Gasteiger partial charge in [-0.15, -0.1) is 0 Å². The second-order valence-corrected chi connectivity index (χ2v) is 5.35. The maximum absolute atomic E-state index is 11.7. The number of hydrogen-bond acceptors (Lipinski definition) is 2. The highest BCUT2D eigenvalue weighted by atomic mass is 35.5. The first-order chi connectivity index (χ1) is 9.95. The molecule has 4 nitrogen and oxygen atoms in total. The second kappa shape index (κ2) is 8.70. The Balaban J connectivity index is 2.61. The lowest BCUT2D eigenvalue weighted by molar-refractivity contribution is -0.141. The minimum atomic E-state index is -0.907. The van der Waals surface area contributed by atoms with Crippen molar-refractivity contribution >= 4 is 41.2 Å². The number of carbonyl (C=O) groups is 2. The van der Waals surface area contributed by atoms with E-state index in [1.165, 1.54) is 12.2 Å². The van der Waals surface area contributed by atoms with Gasteiger partial charge in [-0.2, -0.15) is 0 Å². The molecular weight excluding hydrogens is 313 g/mol. The van der Waals surface area contributed by atoms with E-state index < -0.39 is 11.9 Å². The van der Waals surface area contributed by atoms with E-state index in [1.807, 2.05) is 6.92 Å². The molecule has 0 aromatic heterocycles. The van der Waals surface area contributed by atoms with Crippen LogP contribution in [0.4, 0.5) is 0 Å². The number of nitrogens with one attached hydrogen (secondary N) is 1. The van der Waals surface area contributed by atoms with Gasteiger partial charge in [0.15, 0.2) is 0 Å². The predicted octanol–water partition coefficient (Wildman–Crippen LogP) is 3.62. The summed E-state index contributed by atoms with van der Waals surface area (Å²) in [6.07, 6.45) is 4.07. The first-order valence-corrected chi connectivity index (χ1v) is 7.34. The van der Waals surface area contributed by atoms with Crippen molar-refractivity contribution in [2.24, 2.45) is 5.92 Å². The van der Waals surface area contributed by atoms with Gasteiger partial charge < -0.3 is 10.4 Å². The molecule has 2 N–H and O–H groups in total. The molecule has 0 heterocycles. The van der Waals surface area contributed by atoms with E-state index in [-0.39, 0.29) is 12.5 Å². The number of hydrogen-bond donors (Lipinski definition) is 2. The molecule has 1 unspecified atom stereocenters. The Morgan fingerprint density at radius 1 is 1.33 bits per heavy atom. The lowest BCUT2D eigenvalue weighted by Gasteiger charge is -2.11. The van der Waals surface area contributed by atoms with E-state index in [0.29, 0.717) is 22.0 Å². The molecule has 0 aliphatic carbocycles. The van der Waals surface area contributed by atoms with Gasteiger partial charge in [-0.25, -0.2) is 0 Å². The minimum absolute atomic E-state index is 0.0998. The third-order valence-corrected chi connectivity index (χ3v) is 3.57. The first-order valence-electron chi connectivity index (χ1n) is 6.58. The van der Waals surface area contributed by atoms with Gasteiger partial charge >= 0.3 is 5.97 Å². The van der Waals surface area contributed by atoms with E-state index >= 15 is 0 Å². The van der Waals surface area contributed by atoms with Crippen LogP contribution in [0.15, 0.2) is 24.3 Å². The third kappa shape index (κ3) is 5.78. The molecule has 1 amide bonds. The SMILES string of the molecule is CCCC(CNC(=O)C=Cc1c(Cl)cccc1Cl)C(=O)O. The van der Waals surface area contributed by atoms with E-state index in [9.17, 15) is 9.59 Å². The molecule has 0 fully saturated rings. The average Bonchev–Trinajstić information content (AvgIpc) is 2.42. The molecule has 1 atom stereocenters. The summed E-state index contributed by atoms with van der Waals surface area (Å²) in [4.78, 5) is 22.7. The predicted molar refractivity (Wildman–Crippen MR) is 84.5 cm³/mol. The summed E-state index contributed by atoms with van der Waals surface area (Å²) in [6.45, 7) is 2.00. The molecule has 0 aliphatic rings. The van der Waals surface area contributed by atoms with Crippen LogP contribution in [-0.4, -0.2) is 23.5 Å². The summed E-state index contributed by atoms with van der Waals surface area (Å²) < 4.78 is 0. The molecule has 1 aromatic carbocycles. The van der Waals surface area contributed by atoms with Crippen molar-refractivity contribution in [2.75, 3.05) is 6.54 Å². The Kier molecular flexibility index (Phi) is 7.26. The number of carbonyl (C=O) groups excluding carboxylic acids is 1. The van der Waals surface area contributed by atoms with Crippen LogP contribution in [0.2, 0.25) is 10.0 Å². The fourth-order valence-corrected chi connectivity index (χ4v) is 2.30. The topological polar surface area (TPSA) is 66.4 Å². The van der Waals surface area contributed by atoms with Crippen molar-refractivity contribution in [3.8, 4) is 0 Å². The van der Waals surface area contributed by atoms with Gasteiger partial charge in [0, 0.05) is 28.2 Å². The summed E-state index contributed by atoms with van der Waals surface area (Å²) >= 11 is 12.0. The number of amides is 1. The van der Waals surface area contributed by atoms with Crippen molar-refractivity contribution in [3.05, 3.63) is 39.9 Å². The third-order valence-electron chi connectivity index (χ3n) is 2.91. The molecule has 0 spiro atoms. The molecule has 1 rings (SSSR count). The molecule has 0 aliphatic heterocycles. The zero-order valence-electron chi connectivity index (χ0n) is 11.6. The van der Waals surface area contributed by atoms with Crippen LogP contribution in [0.5, 0.6) is 0 Å². The number of rotatable bonds is 7. The maximum atomic E-state index is 11.7. The van der Waals surface area contributed by atoms with Crippen molar-refractivity contribution in [2.45, 2.75) is 19.8 Å². The second-order valence-electron chi connectivity index (χ2n) is 4.54. The van der Waals surface area contributed by atoms with E-state index in [4.69, 9.17) is 28.3 Å². The molecule has 114 valence electrons. The van der Waals surface area contributed by atoms with Gasteiger partial charge in [0.2, 0.25) is 5.91 Å². The van der Waals surface area contributed by atoms with Gasteiger partial charge in [-0.3, -0.25) is 9.59 Å². The Hall–Kier alpha value is -1.52. The number of carboxylic acid groups (broad SMARTS) is 1. The van der Waals surface area contributed by atoms with Crippen LogP contribution in [0.25, 0.3) is 6.08 Å². The van der Waals surface area contributed by atoms with E-state index in [2.05, 4.69) is 5.32 Å². The average molecular weight is 330 g/mol. The molecule has 0 bridgehead atoms. The van der Waals surface area contributed by atoms with E-state index in [0.717, 1.165) is 6.42 Å². The van der Waals surface area contributed by atoms with Gasteiger partial charge in [0.1, 0.15) is 0 Å². The zero-order valence-corrected chi connectivity index (χ0v) is 13.1. The Bertz CT molecular complexity index is 523. The summed E-state index contributed by atoms with van der Waals surface area (Å²) in [5.74, 6) is -1.86. The Morgan fingerprint density at radius 2 is 1.95 bits per heavy atom. The summed E-state index contributed by atoms with van der Waals surface area (Å²) in [7, 11) is 0. The summed E-state index contributed by atoms with van der Waals surface area (Å²) in [5, 5.41) is 12.4. The monoisotopic (exact) mass is 329 g/mol. The molecule has 0 radical (unpaired) electrons. The molecule has 1 aromatic rings. The lowest BCUT2D eigenvalue weighted by Crippen LogP contribution is -2.31. The quantitative estimate of drug-likeness (QED) is 0.751. The normalized spacial score (nSPS) is 12.3. The van der Waals surface area contributed by atoms with Crippen molar-refractivity contribution in [1.29, 1.82) is 0 Å². The number of halogens is 2. The Morgan fingerprint density at radius 3 is 2.48 bits per heavy atom. The van der Waals surface area contributed by atoms with Crippen LogP contribution in [0.1, 0.15) is 25.3 Å². The zero-order chi connectivity index (χ0) is 15.8. The summed E-state index contributed by atoms with van der Waals surface area (Å²) in [6, 6.07) is 5.06. The molecule has 0 saturated heterocycles. The highest BCUT2D eigenvalue weighted by molar-refractivity contribution is 6.37. The first kappa shape index (κ1) is 17.5. The van der Waals surface area contributed by atoms with Crippen molar-refractivity contribution in [3.63, 3.8) is 0 Å². The molecule has 21 heavy (non-hydrogen) atoms. The highest BCUT2D eigenvalue weighted by Gasteiger charge is 2.16. The fraction of sp³-hybridized carbons (Fsp3) is 0.333. The number of carboxylic acids is 1. The maximum Gasteiger partial charge on any atom is 0.308 e. The van der Waals surface area contributed by atoms with Crippen LogP contribution >= 0.6 is 23.2 Å². The number of benzene rings is 1. The van der Waals surface area contributed by atoms with Crippen LogP contribution < -0.4 is 5.32 Å². The van der Waals surface area contributed by atoms with Crippen molar-refractivity contribution < 1.29 is 14.7 Å². The largest absolute Gasteiger partial charge is 0.481 e. The Labute approximate surface area is 133 Å². The van der Waals surface area contributed by atoms with Crippen LogP contribution in [0.3, 0.4) is 0 Å². The smallest absolute Gasteiger partial charge is 0.308 e. The highest BCUT2D eigenvalue weighted by Crippen LogP contribution is 2.25. The fourth-order valence-electron chi connectivity index (χ4n) is 1.77. The standard InChI is InChI=1S/C15H17Cl2NO3/c1-2-4-10(15(20)21)9-18-14(19)8-7-11-12(16)5-3-6-13(11)17/h3,5-8,10H,2,4,9H2,1H3,(H,18,19)(H,20,21).